The van der Waals surface area contributed by atoms with Crippen molar-refractivity contribution in [1.29, 1.82) is 0 Å². The minimum Gasteiger partial charge on any atom is -0.450 e. The Hall–Kier alpha value is -1.29. The molecule has 0 aliphatic rings. The van der Waals surface area contributed by atoms with Crippen LogP contribution in [0.2, 0.25) is 0 Å². The second-order valence-corrected chi connectivity index (χ2v) is 6.23. The van der Waals surface area contributed by atoms with Crippen molar-refractivity contribution >= 4 is 29.7 Å². The maximum absolute atomic E-state index is 11.6. The lowest BCUT2D eigenvalue weighted by Crippen LogP contribution is -2.27. The van der Waals surface area contributed by atoms with Crippen LogP contribution in [0.15, 0.2) is 0 Å². The SMILES string of the molecule is CCCC(=O)[P+](C(=O)O)(C(=O)O)C(=O)CC. The lowest BCUT2D eigenvalue weighted by molar-refractivity contribution is -0.114. The summed E-state index contributed by atoms with van der Waals surface area (Å²) in [7, 11) is -4.28. The molecule has 0 aromatic heterocycles. The topological polar surface area (TPSA) is 109 Å². The molecule has 0 heterocycles. The molecule has 2 N–H and O–H groups in total. The van der Waals surface area contributed by atoms with Crippen molar-refractivity contribution in [1.82, 2.24) is 0 Å². The quantitative estimate of drug-likeness (QED) is 0.671. The number of rotatable bonds is 7. The molecule has 0 amide bonds. The molecule has 0 spiro atoms. The van der Waals surface area contributed by atoms with E-state index in [4.69, 9.17) is 10.2 Å². The number of carbonyl (C=O) groups excluding carboxylic acids is 2. The second-order valence-electron chi connectivity index (χ2n) is 3.13. The van der Waals surface area contributed by atoms with Crippen LogP contribution >= 0.6 is 7.26 Å². The Labute approximate surface area is 93.0 Å². The maximum atomic E-state index is 11.6. The molecule has 0 atom stereocenters. The molecule has 0 fully saturated rings. The highest BCUT2D eigenvalue weighted by Crippen LogP contribution is 2.63. The summed E-state index contributed by atoms with van der Waals surface area (Å²) < 4.78 is 0. The average molecular weight is 249 g/mol. The summed E-state index contributed by atoms with van der Waals surface area (Å²) in [5.74, 6) is 0. The van der Waals surface area contributed by atoms with E-state index >= 15 is 0 Å². The van der Waals surface area contributed by atoms with Crippen LogP contribution in [0.4, 0.5) is 9.59 Å². The fraction of sp³-hybridized carbons (Fsp3) is 0.556. The lowest BCUT2D eigenvalue weighted by atomic mass is 10.4. The zero-order valence-electron chi connectivity index (χ0n) is 9.10. The Kier molecular flexibility index (Phi) is 5.24. The van der Waals surface area contributed by atoms with Gasteiger partial charge in [-0.2, -0.15) is 0 Å². The van der Waals surface area contributed by atoms with E-state index in [1.54, 1.807) is 6.92 Å². The van der Waals surface area contributed by atoms with Gasteiger partial charge < -0.3 is 10.2 Å². The van der Waals surface area contributed by atoms with Gasteiger partial charge in [-0.05, 0) is 6.42 Å². The van der Waals surface area contributed by atoms with E-state index in [0.717, 1.165) is 0 Å². The summed E-state index contributed by atoms with van der Waals surface area (Å²) in [6.45, 7) is 2.97. The van der Waals surface area contributed by atoms with Crippen molar-refractivity contribution in [2.45, 2.75) is 33.1 Å². The molecule has 0 aromatic rings. The van der Waals surface area contributed by atoms with Gasteiger partial charge in [-0.3, -0.25) is 9.59 Å². The first kappa shape index (κ1) is 14.7. The maximum Gasteiger partial charge on any atom is 0.478 e. The summed E-state index contributed by atoms with van der Waals surface area (Å²) in [5, 5.41) is 17.8. The Balaban J connectivity index is 5.63. The first-order valence-electron chi connectivity index (χ1n) is 4.78. The van der Waals surface area contributed by atoms with E-state index in [1.807, 2.05) is 0 Å². The molecule has 0 aromatic carbocycles. The van der Waals surface area contributed by atoms with Crippen LogP contribution in [-0.4, -0.2) is 32.7 Å². The predicted molar refractivity (Wildman–Crippen MR) is 58.2 cm³/mol. The van der Waals surface area contributed by atoms with Crippen LogP contribution in [0.1, 0.15) is 33.1 Å². The second kappa shape index (κ2) is 5.70. The van der Waals surface area contributed by atoms with Crippen molar-refractivity contribution in [3.63, 3.8) is 0 Å². The summed E-state index contributed by atoms with van der Waals surface area (Å²) in [4.78, 5) is 45.1. The Morgan fingerprint density at radius 2 is 1.38 bits per heavy atom. The Bertz CT molecular complexity index is 321. The van der Waals surface area contributed by atoms with Gasteiger partial charge in [0.05, 0.1) is 0 Å². The highest BCUT2D eigenvalue weighted by molar-refractivity contribution is 8.25. The molecule has 0 rings (SSSR count). The molecular formula is C9H14O6P+. The Morgan fingerprint density at radius 1 is 0.938 bits per heavy atom. The molecule has 0 saturated heterocycles. The van der Waals surface area contributed by atoms with E-state index in [2.05, 4.69) is 0 Å². The minimum absolute atomic E-state index is 0.196. The van der Waals surface area contributed by atoms with Gasteiger partial charge in [0.2, 0.25) is 0 Å². The normalized spacial score (nSPS) is 10.9. The minimum atomic E-state index is -4.28. The highest BCUT2D eigenvalue weighted by atomic mass is 31.2. The molecule has 90 valence electrons. The van der Waals surface area contributed by atoms with E-state index in [-0.39, 0.29) is 12.8 Å². The average Bonchev–Trinajstić information content (AvgIpc) is 2.17. The third-order valence-electron chi connectivity index (χ3n) is 2.09. The van der Waals surface area contributed by atoms with Crippen LogP contribution in [0.5, 0.6) is 0 Å². The highest BCUT2D eigenvalue weighted by Gasteiger charge is 2.69. The van der Waals surface area contributed by atoms with Crippen LogP contribution in [0, 0.1) is 0 Å². The summed E-state index contributed by atoms with van der Waals surface area (Å²) in [6.07, 6.45) is -0.141. The molecule has 0 bridgehead atoms. The molecule has 0 radical (unpaired) electrons. The molecule has 16 heavy (non-hydrogen) atoms. The van der Waals surface area contributed by atoms with Crippen molar-refractivity contribution in [3.05, 3.63) is 0 Å². The summed E-state index contributed by atoms with van der Waals surface area (Å²) in [6, 6.07) is 0. The molecule has 7 heteroatoms. The van der Waals surface area contributed by atoms with Crippen molar-refractivity contribution in [2.24, 2.45) is 0 Å². The van der Waals surface area contributed by atoms with Crippen LogP contribution in [0.3, 0.4) is 0 Å². The zero-order chi connectivity index (χ0) is 12.9. The smallest absolute Gasteiger partial charge is 0.450 e. The Morgan fingerprint density at radius 3 is 1.62 bits per heavy atom. The van der Waals surface area contributed by atoms with Crippen molar-refractivity contribution in [2.75, 3.05) is 0 Å². The number of carboxylic acid groups (broad SMARTS) is 2. The molecule has 0 aliphatic carbocycles. The predicted octanol–water partition coefficient (Wildman–Crippen LogP) is 2.62. The first-order valence-corrected chi connectivity index (χ1v) is 6.57. The van der Waals surface area contributed by atoms with E-state index < -0.39 is 29.7 Å². The monoisotopic (exact) mass is 249 g/mol. The largest absolute Gasteiger partial charge is 0.478 e. The van der Waals surface area contributed by atoms with E-state index in [1.165, 1.54) is 6.92 Å². The molecule has 6 nitrogen and oxygen atoms in total. The van der Waals surface area contributed by atoms with Crippen molar-refractivity contribution in [3.8, 4) is 0 Å². The van der Waals surface area contributed by atoms with Crippen LogP contribution in [-0.2, 0) is 9.59 Å². The van der Waals surface area contributed by atoms with Gasteiger partial charge in [0.25, 0.3) is 0 Å². The number of hydrogen-bond acceptors (Lipinski definition) is 4. The standard InChI is InChI=1S/C9H13O6P/c1-3-5-7(11)16(8(12)13,9(14)15)6(10)4-2/h3-5H2,1-2H3,(H-,12,13,14,15)/p+1. The van der Waals surface area contributed by atoms with Gasteiger partial charge >= 0.3 is 29.7 Å². The third-order valence-corrected chi connectivity index (χ3v) is 5.27. The first-order chi connectivity index (χ1) is 7.35. The van der Waals surface area contributed by atoms with Gasteiger partial charge in [0.15, 0.2) is 0 Å². The summed E-state index contributed by atoms with van der Waals surface area (Å²) >= 11 is 0. The number of carbonyl (C=O) groups is 4. The molecule has 0 saturated carbocycles. The van der Waals surface area contributed by atoms with E-state index in [9.17, 15) is 19.2 Å². The van der Waals surface area contributed by atoms with Gasteiger partial charge in [-0.25, -0.2) is 9.59 Å². The summed E-state index contributed by atoms with van der Waals surface area (Å²) in [5.41, 5.74) is -5.54. The molecular weight excluding hydrogens is 235 g/mol. The fourth-order valence-electron chi connectivity index (χ4n) is 1.27. The van der Waals surface area contributed by atoms with Gasteiger partial charge in [-0.1, -0.05) is 13.8 Å². The molecule has 0 aliphatic heterocycles. The van der Waals surface area contributed by atoms with Crippen molar-refractivity contribution < 1.29 is 29.4 Å². The van der Waals surface area contributed by atoms with Gasteiger partial charge in [0.1, 0.15) is 0 Å². The third kappa shape index (κ3) is 2.27. The van der Waals surface area contributed by atoms with Gasteiger partial charge in [0, 0.05) is 12.8 Å². The zero-order valence-corrected chi connectivity index (χ0v) is 9.99. The number of hydrogen-bond donors (Lipinski definition) is 2. The van der Waals surface area contributed by atoms with Gasteiger partial charge in [-0.15, -0.1) is 0 Å². The fourth-order valence-corrected chi connectivity index (χ4v) is 3.59. The van der Waals surface area contributed by atoms with Crippen LogP contribution < -0.4 is 0 Å². The molecule has 0 unspecified atom stereocenters. The van der Waals surface area contributed by atoms with E-state index in [0.29, 0.717) is 6.42 Å². The lowest BCUT2D eigenvalue weighted by Gasteiger charge is -2.11. The van der Waals surface area contributed by atoms with Crippen LogP contribution in [0.25, 0.3) is 0 Å².